The van der Waals surface area contributed by atoms with Gasteiger partial charge in [-0.1, -0.05) is 38.1 Å². The number of imide groups is 1. The number of aliphatic imine (C=N–C) groups is 1. The molecule has 16 nitrogen and oxygen atoms in total. The summed E-state index contributed by atoms with van der Waals surface area (Å²) in [6, 6.07) is 20.1. The van der Waals surface area contributed by atoms with Crippen LogP contribution in [0.5, 0.6) is 0 Å². The number of nitrogens with one attached hydrogen (secondary N) is 3. The number of hydrogen-bond acceptors (Lipinski definition) is 12. The number of nitrogens with zero attached hydrogens (tertiary/aromatic N) is 9. The molecule has 0 saturated carbocycles. The molecule has 0 bridgehead atoms. The highest BCUT2D eigenvalue weighted by atomic mass is 16.6. The average Bonchev–Trinajstić information content (AvgIpc) is 3.73. The largest absolute Gasteiger partial charge is 0.372 e. The van der Waals surface area contributed by atoms with E-state index in [1.807, 2.05) is 58.2 Å². The van der Waals surface area contributed by atoms with Gasteiger partial charge in [0.15, 0.2) is 0 Å². The Morgan fingerprint density at radius 3 is 2.32 bits per heavy atom. The maximum absolute atomic E-state index is 12.8. The van der Waals surface area contributed by atoms with Gasteiger partial charge in [0.2, 0.25) is 5.91 Å². The maximum atomic E-state index is 12.8. The first-order valence-corrected chi connectivity index (χ1v) is 21.7. The molecule has 63 heavy (non-hydrogen) atoms. The van der Waals surface area contributed by atoms with Gasteiger partial charge >= 0.3 is 17.8 Å². The monoisotopic (exact) mass is 852 g/mol. The van der Waals surface area contributed by atoms with Gasteiger partial charge in [0.05, 0.1) is 5.69 Å². The second-order valence-corrected chi connectivity index (χ2v) is 17.8. The van der Waals surface area contributed by atoms with Crippen LogP contribution in [-0.4, -0.2) is 114 Å². The molecule has 3 saturated heterocycles. The molecule has 2 aromatic carbocycles. The first-order chi connectivity index (χ1) is 30.4. The molecular formula is C47H56N12O4. The average molecular weight is 853 g/mol. The third kappa shape index (κ3) is 10.3. The molecule has 3 aliphatic rings. The summed E-state index contributed by atoms with van der Waals surface area (Å²) in [5.74, 6) is 0.860. The van der Waals surface area contributed by atoms with E-state index in [0.717, 1.165) is 115 Å². The lowest BCUT2D eigenvalue weighted by Crippen LogP contribution is -2.49. The molecule has 0 spiro atoms. The van der Waals surface area contributed by atoms with Gasteiger partial charge < -0.3 is 24.9 Å². The Labute approximate surface area is 367 Å². The number of urea groups is 1. The number of carbonyl (C=O) groups is 3. The van der Waals surface area contributed by atoms with Crippen LogP contribution in [0.2, 0.25) is 0 Å². The molecule has 6 heterocycles. The standard InChI is InChI=1S/C47H56N12O4/c1-31-24-33(6-7-34(31)26-50-44(61)45(63-48-5)51-29-47(2,3)4)42-38-25-39(54-43(38)53-30-52-42)35-8-13-40(49-27-35)58-22-20-56(21-23-58)28-32-14-17-57(18-15-32)36-9-11-37(12-10-36)59-19-16-41(60)55-46(59)62/h6-13,24-25,27,30,32H,5,14-23,26,28-29H2,1-4H3,(H,50,61)(H,52,53,54)(H,55,60,62). The lowest BCUT2D eigenvalue weighted by molar-refractivity contribution is -0.120. The van der Waals surface area contributed by atoms with Crippen LogP contribution in [0.25, 0.3) is 33.5 Å². The first-order valence-electron chi connectivity index (χ1n) is 21.7. The number of H-pyrrole nitrogens is 1. The number of carbonyl (C=O) groups excluding carboxylic acids is 3. The number of fused-ring (bicyclic) bond motifs is 1. The van der Waals surface area contributed by atoms with Crippen molar-refractivity contribution in [2.24, 2.45) is 21.5 Å². The van der Waals surface area contributed by atoms with Gasteiger partial charge in [-0.3, -0.25) is 24.7 Å². The predicted octanol–water partition coefficient (Wildman–Crippen LogP) is 6.17. The van der Waals surface area contributed by atoms with Crippen molar-refractivity contribution in [1.29, 1.82) is 0 Å². The molecule has 4 amide bonds. The van der Waals surface area contributed by atoms with Crippen LogP contribution in [0.3, 0.4) is 0 Å². The van der Waals surface area contributed by atoms with Crippen molar-refractivity contribution >= 4 is 58.7 Å². The number of aromatic amines is 1. The number of aromatic nitrogens is 4. The van der Waals surface area contributed by atoms with Crippen LogP contribution < -0.4 is 25.3 Å². The molecule has 8 rings (SSSR count). The highest BCUT2D eigenvalue weighted by Gasteiger charge is 2.27. The smallest absolute Gasteiger partial charge is 0.328 e. The third-order valence-electron chi connectivity index (χ3n) is 12.0. The fourth-order valence-electron chi connectivity index (χ4n) is 8.42. The Balaban J connectivity index is 0.821. The van der Waals surface area contributed by atoms with E-state index in [1.54, 1.807) is 11.2 Å². The predicted molar refractivity (Wildman–Crippen MR) is 247 cm³/mol. The van der Waals surface area contributed by atoms with Gasteiger partial charge in [-0.2, -0.15) is 0 Å². The molecule has 5 aromatic rings. The molecule has 3 fully saturated rings. The normalized spacial score (nSPS) is 17.0. The number of rotatable bonds is 11. The van der Waals surface area contributed by atoms with Crippen molar-refractivity contribution in [3.05, 3.63) is 84.3 Å². The van der Waals surface area contributed by atoms with Gasteiger partial charge in [-0.25, -0.2) is 24.7 Å². The van der Waals surface area contributed by atoms with Crippen molar-refractivity contribution in [3.63, 3.8) is 0 Å². The quantitative estimate of drug-likeness (QED) is 0.0791. The zero-order chi connectivity index (χ0) is 44.1. The van der Waals surface area contributed by atoms with E-state index in [0.29, 0.717) is 32.0 Å². The van der Waals surface area contributed by atoms with Crippen molar-refractivity contribution < 1.29 is 19.2 Å². The highest BCUT2D eigenvalue weighted by Crippen LogP contribution is 2.32. The van der Waals surface area contributed by atoms with E-state index in [9.17, 15) is 14.4 Å². The highest BCUT2D eigenvalue weighted by molar-refractivity contribution is 6.35. The van der Waals surface area contributed by atoms with E-state index in [2.05, 4.69) is 93.5 Å². The fourth-order valence-corrected chi connectivity index (χ4v) is 8.42. The number of hydrogen-bond donors (Lipinski definition) is 3. The summed E-state index contributed by atoms with van der Waals surface area (Å²) in [7, 11) is 0. The number of amides is 4. The molecule has 0 unspecified atom stereocenters. The van der Waals surface area contributed by atoms with Gasteiger partial charge in [-0.05, 0) is 90.8 Å². The van der Waals surface area contributed by atoms with Crippen molar-refractivity contribution in [3.8, 4) is 22.5 Å². The number of piperazine rings is 1. The van der Waals surface area contributed by atoms with Crippen molar-refractivity contribution in [1.82, 2.24) is 35.5 Å². The molecule has 3 aliphatic heterocycles. The first kappa shape index (κ1) is 43.0. The number of benzene rings is 2. The molecule has 3 N–H and O–H groups in total. The van der Waals surface area contributed by atoms with Crippen LogP contribution in [-0.2, 0) is 21.0 Å². The van der Waals surface area contributed by atoms with Gasteiger partial charge in [0.1, 0.15) is 17.8 Å². The number of pyridine rings is 1. The van der Waals surface area contributed by atoms with Crippen LogP contribution in [0.15, 0.2) is 83.3 Å². The Hall–Kier alpha value is -6.68. The minimum Gasteiger partial charge on any atom is -0.372 e. The number of anilines is 3. The lowest BCUT2D eigenvalue weighted by Gasteiger charge is -2.39. The fraction of sp³-hybridized carbons (Fsp3) is 0.404. The summed E-state index contributed by atoms with van der Waals surface area (Å²) in [5.41, 5.74) is 8.21. The Bertz CT molecular complexity index is 2480. The number of oxime groups is 1. The van der Waals surface area contributed by atoms with E-state index in [-0.39, 0.29) is 23.3 Å². The third-order valence-corrected chi connectivity index (χ3v) is 12.0. The Morgan fingerprint density at radius 1 is 0.889 bits per heavy atom. The van der Waals surface area contributed by atoms with E-state index < -0.39 is 5.91 Å². The van der Waals surface area contributed by atoms with Crippen LogP contribution >= 0.6 is 0 Å². The van der Waals surface area contributed by atoms with Crippen molar-refractivity contribution in [2.45, 2.75) is 53.5 Å². The molecule has 0 atom stereocenters. The second kappa shape index (κ2) is 18.7. The summed E-state index contributed by atoms with van der Waals surface area (Å²) >= 11 is 0. The zero-order valence-corrected chi connectivity index (χ0v) is 36.6. The molecule has 3 aromatic heterocycles. The lowest BCUT2D eigenvalue weighted by atomic mass is 9.95. The van der Waals surface area contributed by atoms with Crippen LogP contribution in [0.1, 0.15) is 51.2 Å². The topological polar surface area (TPSA) is 177 Å². The summed E-state index contributed by atoms with van der Waals surface area (Å²) < 4.78 is 0. The molecule has 0 radical (unpaired) electrons. The minimum atomic E-state index is -0.452. The Morgan fingerprint density at radius 2 is 1.63 bits per heavy atom. The maximum Gasteiger partial charge on any atom is 0.328 e. The van der Waals surface area contributed by atoms with Gasteiger partial charge in [0, 0.05) is 118 Å². The summed E-state index contributed by atoms with van der Waals surface area (Å²) in [5, 5.41) is 9.60. The van der Waals surface area contributed by atoms with Gasteiger partial charge in [-0.15, -0.1) is 0 Å². The number of aryl methyl sites for hydroxylation is 1. The van der Waals surface area contributed by atoms with E-state index in [1.165, 1.54) is 5.69 Å². The zero-order valence-electron chi connectivity index (χ0n) is 36.6. The molecule has 16 heteroatoms. The molecular weight excluding hydrogens is 797 g/mol. The minimum absolute atomic E-state index is 0.112. The van der Waals surface area contributed by atoms with Crippen LogP contribution in [0.4, 0.5) is 22.0 Å². The van der Waals surface area contributed by atoms with E-state index in [4.69, 9.17) is 9.82 Å². The summed E-state index contributed by atoms with van der Waals surface area (Å²) in [6.45, 7) is 19.6. The van der Waals surface area contributed by atoms with Gasteiger partial charge in [0.25, 0.3) is 0 Å². The number of piperidine rings is 1. The summed E-state index contributed by atoms with van der Waals surface area (Å²) in [4.78, 5) is 72.6. The van der Waals surface area contributed by atoms with Crippen LogP contribution in [0, 0.1) is 18.3 Å². The van der Waals surface area contributed by atoms with Crippen molar-refractivity contribution in [2.75, 3.05) is 73.6 Å². The molecule has 328 valence electrons. The second-order valence-electron chi connectivity index (χ2n) is 17.8. The van der Waals surface area contributed by atoms with E-state index >= 15 is 0 Å². The summed E-state index contributed by atoms with van der Waals surface area (Å²) in [6.07, 6.45) is 6.12. The Kier molecular flexibility index (Phi) is 12.8. The molecule has 0 aliphatic carbocycles. The SMILES string of the molecule is C=NOC(=NCC(C)(C)C)C(=O)NCc1ccc(-c2ncnc3[nH]c(-c4ccc(N5CCN(CC6CCN(c7ccc(N8CCC(=O)NC8=O)cc7)CC6)CC5)nc4)cc23)cc1C.